The van der Waals surface area contributed by atoms with Gasteiger partial charge in [0.15, 0.2) is 11.4 Å². The summed E-state index contributed by atoms with van der Waals surface area (Å²) in [5.41, 5.74) is 2.34. The first-order valence-corrected chi connectivity index (χ1v) is 8.74. The Morgan fingerprint density at radius 1 is 1.35 bits per heavy atom. The molecule has 6 heteroatoms. The fraction of sp³-hybridized carbons (Fsp3) is 0.353. The third-order valence-electron chi connectivity index (χ3n) is 4.64. The van der Waals surface area contributed by atoms with Gasteiger partial charge in [-0.25, -0.2) is 9.97 Å². The van der Waals surface area contributed by atoms with E-state index in [1.165, 1.54) is 22.2 Å². The SMILES string of the molecule is Cc1nc2sc3c(c2c2nc(-c4ccco4)nn12)CC[C@@H](C)C3. The summed E-state index contributed by atoms with van der Waals surface area (Å²) in [5.74, 6) is 2.93. The summed E-state index contributed by atoms with van der Waals surface area (Å²) in [6, 6.07) is 3.75. The number of aryl methyl sites for hydroxylation is 2. The Hall–Kier alpha value is -2.21. The molecule has 1 aliphatic carbocycles. The highest BCUT2D eigenvalue weighted by Crippen LogP contribution is 2.39. The predicted molar refractivity (Wildman–Crippen MR) is 89.8 cm³/mol. The van der Waals surface area contributed by atoms with Crippen LogP contribution in [0.5, 0.6) is 0 Å². The van der Waals surface area contributed by atoms with Gasteiger partial charge in [-0.05, 0) is 49.8 Å². The summed E-state index contributed by atoms with van der Waals surface area (Å²) in [6.45, 7) is 4.31. The van der Waals surface area contributed by atoms with E-state index >= 15 is 0 Å². The van der Waals surface area contributed by atoms with Gasteiger partial charge in [0.25, 0.3) is 0 Å². The van der Waals surface area contributed by atoms with Crippen molar-refractivity contribution in [3.8, 4) is 11.6 Å². The van der Waals surface area contributed by atoms with E-state index in [1.807, 2.05) is 34.9 Å². The number of thiophene rings is 1. The van der Waals surface area contributed by atoms with E-state index in [2.05, 4.69) is 12.0 Å². The largest absolute Gasteiger partial charge is 0.461 e. The monoisotopic (exact) mass is 324 g/mol. The van der Waals surface area contributed by atoms with Crippen LogP contribution in [0.15, 0.2) is 22.8 Å². The predicted octanol–water partition coefficient (Wildman–Crippen LogP) is 4.03. The molecule has 0 saturated heterocycles. The van der Waals surface area contributed by atoms with Crippen LogP contribution < -0.4 is 0 Å². The maximum atomic E-state index is 5.45. The lowest BCUT2D eigenvalue weighted by atomic mass is 9.89. The van der Waals surface area contributed by atoms with Crippen LogP contribution in [0.25, 0.3) is 27.4 Å². The molecule has 0 amide bonds. The molecule has 0 unspecified atom stereocenters. The van der Waals surface area contributed by atoms with Crippen LogP contribution in [0.3, 0.4) is 0 Å². The third kappa shape index (κ3) is 1.88. The highest BCUT2D eigenvalue weighted by Gasteiger charge is 2.24. The molecule has 23 heavy (non-hydrogen) atoms. The average Bonchev–Trinajstić information content (AvgIpc) is 3.23. The summed E-state index contributed by atoms with van der Waals surface area (Å²) in [7, 11) is 0. The maximum Gasteiger partial charge on any atom is 0.217 e. The Balaban J connectivity index is 1.84. The smallest absolute Gasteiger partial charge is 0.217 e. The first kappa shape index (κ1) is 13.2. The van der Waals surface area contributed by atoms with Gasteiger partial charge < -0.3 is 4.42 Å². The van der Waals surface area contributed by atoms with Gasteiger partial charge in [-0.3, -0.25) is 0 Å². The van der Waals surface area contributed by atoms with Crippen molar-refractivity contribution < 1.29 is 4.42 Å². The zero-order valence-corrected chi connectivity index (χ0v) is 13.9. The Bertz CT molecular complexity index is 1030. The van der Waals surface area contributed by atoms with Gasteiger partial charge in [-0.2, -0.15) is 4.52 Å². The van der Waals surface area contributed by atoms with E-state index in [9.17, 15) is 0 Å². The molecule has 5 rings (SSSR count). The van der Waals surface area contributed by atoms with Crippen molar-refractivity contribution in [3.05, 3.63) is 34.7 Å². The maximum absolute atomic E-state index is 5.45. The van der Waals surface area contributed by atoms with Crippen molar-refractivity contribution in [1.82, 2.24) is 19.6 Å². The average molecular weight is 324 g/mol. The number of aromatic nitrogens is 4. The summed E-state index contributed by atoms with van der Waals surface area (Å²) in [6.07, 6.45) is 5.15. The Kier molecular flexibility index (Phi) is 2.68. The first-order valence-electron chi connectivity index (χ1n) is 7.92. The molecule has 0 aliphatic heterocycles. The Labute approximate surface area is 137 Å². The number of furan rings is 1. The van der Waals surface area contributed by atoms with Crippen LogP contribution in [-0.4, -0.2) is 19.6 Å². The van der Waals surface area contributed by atoms with E-state index in [0.717, 1.165) is 35.1 Å². The molecule has 4 aromatic heterocycles. The number of fused-ring (bicyclic) bond motifs is 5. The van der Waals surface area contributed by atoms with Crippen LogP contribution in [0.1, 0.15) is 29.6 Å². The minimum atomic E-state index is 0.622. The molecule has 0 fully saturated rings. The molecular formula is C17H16N4OS. The standard InChI is InChI=1S/C17H16N4OS/c1-9-5-6-11-13(8-9)23-17-14(11)16-19-15(12-4-3-7-22-12)20-21(16)10(2)18-17/h3-4,7,9H,5-6,8H2,1-2H3/t9-/m1/s1. The van der Waals surface area contributed by atoms with Crippen LogP contribution in [0, 0.1) is 12.8 Å². The van der Waals surface area contributed by atoms with E-state index in [0.29, 0.717) is 11.6 Å². The molecule has 116 valence electrons. The fourth-order valence-corrected chi connectivity index (χ4v) is 4.87. The van der Waals surface area contributed by atoms with Gasteiger partial charge in [-0.15, -0.1) is 16.4 Å². The lowest BCUT2D eigenvalue weighted by molar-refractivity contribution is 0.509. The number of nitrogens with zero attached hydrogens (tertiary/aromatic N) is 4. The van der Waals surface area contributed by atoms with Gasteiger partial charge in [0.05, 0.1) is 11.6 Å². The van der Waals surface area contributed by atoms with E-state index in [1.54, 1.807) is 6.26 Å². The molecule has 0 bridgehead atoms. The van der Waals surface area contributed by atoms with Crippen molar-refractivity contribution in [2.75, 3.05) is 0 Å². The lowest BCUT2D eigenvalue weighted by Crippen LogP contribution is -2.08. The Morgan fingerprint density at radius 2 is 2.26 bits per heavy atom. The first-order chi connectivity index (χ1) is 11.2. The summed E-state index contributed by atoms with van der Waals surface area (Å²) < 4.78 is 7.31. The zero-order chi connectivity index (χ0) is 15.6. The highest BCUT2D eigenvalue weighted by atomic mass is 32.1. The minimum absolute atomic E-state index is 0.622. The van der Waals surface area contributed by atoms with E-state index in [4.69, 9.17) is 14.4 Å². The Morgan fingerprint density at radius 3 is 3.09 bits per heavy atom. The van der Waals surface area contributed by atoms with Gasteiger partial charge in [-0.1, -0.05) is 6.92 Å². The number of rotatable bonds is 1. The van der Waals surface area contributed by atoms with Crippen LogP contribution in [0.4, 0.5) is 0 Å². The van der Waals surface area contributed by atoms with Crippen molar-refractivity contribution in [2.45, 2.75) is 33.1 Å². The molecule has 0 aromatic carbocycles. The summed E-state index contributed by atoms with van der Waals surface area (Å²) >= 11 is 1.82. The fourth-order valence-electron chi connectivity index (χ4n) is 3.45. The van der Waals surface area contributed by atoms with Crippen LogP contribution in [0.2, 0.25) is 0 Å². The lowest BCUT2D eigenvalue weighted by Gasteiger charge is -2.17. The van der Waals surface area contributed by atoms with Crippen molar-refractivity contribution in [1.29, 1.82) is 0 Å². The van der Waals surface area contributed by atoms with Crippen LogP contribution in [-0.2, 0) is 12.8 Å². The summed E-state index contributed by atoms with van der Waals surface area (Å²) in [4.78, 5) is 12.1. The van der Waals surface area contributed by atoms with E-state index < -0.39 is 0 Å². The molecule has 4 aromatic rings. The van der Waals surface area contributed by atoms with Crippen molar-refractivity contribution in [2.24, 2.45) is 5.92 Å². The molecule has 1 aliphatic rings. The van der Waals surface area contributed by atoms with Gasteiger partial charge >= 0.3 is 0 Å². The van der Waals surface area contributed by atoms with E-state index in [-0.39, 0.29) is 0 Å². The molecule has 0 N–H and O–H groups in total. The topological polar surface area (TPSA) is 56.2 Å². The van der Waals surface area contributed by atoms with Crippen molar-refractivity contribution >= 4 is 27.2 Å². The number of hydrogen-bond acceptors (Lipinski definition) is 5. The summed E-state index contributed by atoms with van der Waals surface area (Å²) in [5, 5.41) is 5.79. The molecule has 4 heterocycles. The second kappa shape index (κ2) is 4.64. The molecule has 0 saturated carbocycles. The normalized spacial score (nSPS) is 17.9. The molecule has 0 radical (unpaired) electrons. The molecule has 5 nitrogen and oxygen atoms in total. The molecular weight excluding hydrogens is 308 g/mol. The molecule has 1 atom stereocenters. The van der Waals surface area contributed by atoms with Gasteiger partial charge in [0, 0.05) is 4.88 Å². The zero-order valence-electron chi connectivity index (χ0n) is 13.0. The van der Waals surface area contributed by atoms with Crippen molar-refractivity contribution in [3.63, 3.8) is 0 Å². The quantitative estimate of drug-likeness (QED) is 0.530. The second-order valence-corrected chi connectivity index (χ2v) is 7.42. The van der Waals surface area contributed by atoms with Crippen LogP contribution >= 0.6 is 11.3 Å². The van der Waals surface area contributed by atoms with Gasteiger partial charge in [0.1, 0.15) is 10.7 Å². The minimum Gasteiger partial charge on any atom is -0.461 e. The second-order valence-electron chi connectivity index (χ2n) is 6.34. The number of hydrogen-bond donors (Lipinski definition) is 0. The third-order valence-corrected chi connectivity index (χ3v) is 5.78. The highest BCUT2D eigenvalue weighted by molar-refractivity contribution is 7.19. The molecule has 0 spiro atoms. The van der Waals surface area contributed by atoms with Gasteiger partial charge in [0.2, 0.25) is 5.82 Å².